The zero-order valence-electron chi connectivity index (χ0n) is 10.6. The molecule has 4 nitrogen and oxygen atoms in total. The fourth-order valence-electron chi connectivity index (χ4n) is 2.31. The maximum absolute atomic E-state index is 12.3. The quantitative estimate of drug-likeness (QED) is 0.741. The first-order valence-corrected chi connectivity index (χ1v) is 6.16. The number of nitrogens with zero attached hydrogens (tertiary/aromatic N) is 1. The van der Waals surface area contributed by atoms with Gasteiger partial charge >= 0.3 is 0 Å². The second kappa shape index (κ2) is 5.64. The Labute approximate surface area is 98.0 Å². The molecule has 0 saturated carbocycles. The van der Waals surface area contributed by atoms with Crippen molar-refractivity contribution in [3.05, 3.63) is 0 Å². The molecule has 0 aromatic rings. The van der Waals surface area contributed by atoms with Gasteiger partial charge in [-0.15, -0.1) is 0 Å². The van der Waals surface area contributed by atoms with Crippen LogP contribution in [0.5, 0.6) is 0 Å². The molecule has 0 radical (unpaired) electrons. The van der Waals surface area contributed by atoms with E-state index in [1.807, 2.05) is 25.7 Å². The predicted molar refractivity (Wildman–Crippen MR) is 64.1 cm³/mol. The third kappa shape index (κ3) is 3.19. The van der Waals surface area contributed by atoms with Crippen LogP contribution < -0.4 is 5.32 Å². The number of carbonyl (C=O) groups excluding carboxylic acids is 1. The Morgan fingerprint density at radius 3 is 2.81 bits per heavy atom. The van der Waals surface area contributed by atoms with Crippen molar-refractivity contribution < 1.29 is 9.90 Å². The van der Waals surface area contributed by atoms with Crippen LogP contribution >= 0.6 is 0 Å². The molecule has 1 aliphatic heterocycles. The molecular weight excluding hydrogens is 204 g/mol. The van der Waals surface area contributed by atoms with Gasteiger partial charge in [0.05, 0.1) is 5.54 Å². The minimum absolute atomic E-state index is 0.146. The van der Waals surface area contributed by atoms with Crippen LogP contribution in [0.2, 0.25) is 0 Å². The third-order valence-corrected chi connectivity index (χ3v) is 3.22. The molecule has 1 fully saturated rings. The van der Waals surface area contributed by atoms with Crippen LogP contribution in [0.1, 0.15) is 33.6 Å². The average molecular weight is 228 g/mol. The molecule has 0 bridgehead atoms. The van der Waals surface area contributed by atoms with Crippen LogP contribution in [0.25, 0.3) is 0 Å². The monoisotopic (exact) mass is 228 g/mol. The lowest BCUT2D eigenvalue weighted by atomic mass is 9.96. The van der Waals surface area contributed by atoms with Crippen LogP contribution in [-0.2, 0) is 4.79 Å². The molecule has 1 saturated heterocycles. The van der Waals surface area contributed by atoms with Gasteiger partial charge in [0.1, 0.15) is 0 Å². The average Bonchev–Trinajstić information content (AvgIpc) is 2.28. The standard InChI is InChI=1S/C12H24N2O2/c1-4-13-12(2,3)11(16)14-7-5-6-10(8-14)9-15/h10,13,15H,4-9H2,1-3H3. The van der Waals surface area contributed by atoms with Crippen molar-refractivity contribution in [2.24, 2.45) is 5.92 Å². The number of hydrogen-bond acceptors (Lipinski definition) is 3. The third-order valence-electron chi connectivity index (χ3n) is 3.22. The Morgan fingerprint density at radius 2 is 2.25 bits per heavy atom. The van der Waals surface area contributed by atoms with Crippen molar-refractivity contribution in [3.63, 3.8) is 0 Å². The topological polar surface area (TPSA) is 52.6 Å². The fraction of sp³-hybridized carbons (Fsp3) is 0.917. The second-order valence-electron chi connectivity index (χ2n) is 5.10. The van der Waals surface area contributed by atoms with Crippen molar-refractivity contribution in [1.29, 1.82) is 0 Å². The lowest BCUT2D eigenvalue weighted by molar-refractivity contribution is -0.139. The Kier molecular flexibility index (Phi) is 4.74. The Hall–Kier alpha value is -0.610. The molecule has 1 unspecified atom stereocenters. The van der Waals surface area contributed by atoms with Gasteiger partial charge in [-0.05, 0) is 39.2 Å². The highest BCUT2D eigenvalue weighted by Gasteiger charge is 2.33. The van der Waals surface area contributed by atoms with E-state index in [1.165, 1.54) is 0 Å². The minimum atomic E-state index is -0.494. The number of aliphatic hydroxyl groups excluding tert-OH is 1. The molecule has 2 N–H and O–H groups in total. The number of amides is 1. The lowest BCUT2D eigenvalue weighted by Crippen LogP contribution is -2.56. The summed E-state index contributed by atoms with van der Waals surface area (Å²) in [5.41, 5.74) is -0.494. The zero-order chi connectivity index (χ0) is 12.2. The number of piperidine rings is 1. The Balaban J connectivity index is 2.59. The summed E-state index contributed by atoms with van der Waals surface area (Å²) in [6, 6.07) is 0. The van der Waals surface area contributed by atoms with Crippen molar-refractivity contribution >= 4 is 5.91 Å². The molecule has 1 atom stereocenters. The molecule has 1 rings (SSSR count). The number of hydrogen-bond donors (Lipinski definition) is 2. The van der Waals surface area contributed by atoms with Crippen LogP contribution in [0.4, 0.5) is 0 Å². The molecule has 1 aliphatic rings. The first-order valence-electron chi connectivity index (χ1n) is 6.16. The van der Waals surface area contributed by atoms with Gasteiger partial charge in [0.15, 0.2) is 0 Å². The SMILES string of the molecule is CCNC(C)(C)C(=O)N1CCCC(CO)C1. The molecule has 0 spiro atoms. The molecule has 16 heavy (non-hydrogen) atoms. The van der Waals surface area contributed by atoms with Crippen LogP contribution in [-0.4, -0.2) is 47.7 Å². The van der Waals surface area contributed by atoms with Crippen LogP contribution in [0, 0.1) is 5.92 Å². The molecule has 1 heterocycles. The molecule has 94 valence electrons. The van der Waals surface area contributed by atoms with Gasteiger partial charge in [0.25, 0.3) is 0 Å². The van der Waals surface area contributed by atoms with Crippen molar-refractivity contribution in [2.75, 3.05) is 26.2 Å². The van der Waals surface area contributed by atoms with Crippen LogP contribution in [0.3, 0.4) is 0 Å². The van der Waals surface area contributed by atoms with E-state index >= 15 is 0 Å². The highest BCUT2D eigenvalue weighted by Crippen LogP contribution is 2.19. The Bertz CT molecular complexity index is 241. The molecule has 0 aromatic heterocycles. The summed E-state index contributed by atoms with van der Waals surface area (Å²) >= 11 is 0. The number of rotatable bonds is 4. The number of aliphatic hydroxyl groups is 1. The van der Waals surface area contributed by atoms with Gasteiger partial charge in [-0.1, -0.05) is 6.92 Å². The van der Waals surface area contributed by atoms with Crippen molar-refractivity contribution in [3.8, 4) is 0 Å². The normalized spacial score (nSPS) is 22.2. The van der Waals surface area contributed by atoms with Gasteiger partial charge in [0, 0.05) is 19.7 Å². The smallest absolute Gasteiger partial charge is 0.242 e. The fourth-order valence-corrected chi connectivity index (χ4v) is 2.31. The van der Waals surface area contributed by atoms with E-state index in [0.29, 0.717) is 6.54 Å². The summed E-state index contributed by atoms with van der Waals surface area (Å²) in [5, 5.41) is 12.3. The van der Waals surface area contributed by atoms with E-state index < -0.39 is 5.54 Å². The van der Waals surface area contributed by atoms with Gasteiger partial charge < -0.3 is 15.3 Å². The van der Waals surface area contributed by atoms with E-state index in [2.05, 4.69) is 5.32 Å². The maximum Gasteiger partial charge on any atom is 0.242 e. The van der Waals surface area contributed by atoms with Crippen LogP contribution in [0.15, 0.2) is 0 Å². The lowest BCUT2D eigenvalue weighted by Gasteiger charge is -2.37. The summed E-state index contributed by atoms with van der Waals surface area (Å²) in [6.07, 6.45) is 2.03. The zero-order valence-corrected chi connectivity index (χ0v) is 10.6. The molecule has 0 aliphatic carbocycles. The number of likely N-dealkylation sites (tertiary alicyclic amines) is 1. The molecule has 0 aromatic carbocycles. The summed E-state index contributed by atoms with van der Waals surface area (Å²) < 4.78 is 0. The van der Waals surface area contributed by atoms with E-state index in [9.17, 15) is 4.79 Å². The predicted octanol–water partition coefficient (Wildman–Crippen LogP) is 0.605. The van der Waals surface area contributed by atoms with Crippen molar-refractivity contribution in [1.82, 2.24) is 10.2 Å². The summed E-state index contributed by atoms with van der Waals surface area (Å²) in [7, 11) is 0. The van der Waals surface area contributed by atoms with E-state index in [1.54, 1.807) is 0 Å². The van der Waals surface area contributed by atoms with Gasteiger partial charge in [0.2, 0.25) is 5.91 Å². The highest BCUT2D eigenvalue weighted by molar-refractivity contribution is 5.85. The minimum Gasteiger partial charge on any atom is -0.396 e. The largest absolute Gasteiger partial charge is 0.396 e. The number of nitrogens with one attached hydrogen (secondary N) is 1. The van der Waals surface area contributed by atoms with E-state index in [0.717, 1.165) is 25.9 Å². The summed E-state index contributed by atoms with van der Waals surface area (Å²) in [6.45, 7) is 8.33. The van der Waals surface area contributed by atoms with Crippen molar-refractivity contribution in [2.45, 2.75) is 39.2 Å². The molecule has 4 heteroatoms. The van der Waals surface area contributed by atoms with Gasteiger partial charge in [-0.25, -0.2) is 0 Å². The number of carbonyl (C=O) groups is 1. The van der Waals surface area contributed by atoms with Gasteiger partial charge in [-0.2, -0.15) is 0 Å². The van der Waals surface area contributed by atoms with Gasteiger partial charge in [-0.3, -0.25) is 4.79 Å². The first-order chi connectivity index (χ1) is 7.51. The first kappa shape index (κ1) is 13.5. The molecule has 1 amide bonds. The maximum atomic E-state index is 12.3. The summed E-state index contributed by atoms with van der Waals surface area (Å²) in [5.74, 6) is 0.405. The summed E-state index contributed by atoms with van der Waals surface area (Å²) in [4.78, 5) is 14.1. The van der Waals surface area contributed by atoms with E-state index in [4.69, 9.17) is 5.11 Å². The highest BCUT2D eigenvalue weighted by atomic mass is 16.3. The Morgan fingerprint density at radius 1 is 1.56 bits per heavy atom. The second-order valence-corrected chi connectivity index (χ2v) is 5.10. The van der Waals surface area contributed by atoms with E-state index in [-0.39, 0.29) is 18.4 Å². The molecular formula is C12H24N2O2. The number of likely N-dealkylation sites (N-methyl/N-ethyl adjacent to an activating group) is 1.